The Bertz CT molecular complexity index is 343. The molecule has 16 heavy (non-hydrogen) atoms. The average molecular weight is 215 g/mol. The van der Waals surface area contributed by atoms with Crippen molar-refractivity contribution in [2.75, 3.05) is 0 Å². The molecule has 1 aromatic carbocycles. The summed E-state index contributed by atoms with van der Waals surface area (Å²) in [6.07, 6.45) is 3.14. The van der Waals surface area contributed by atoms with Gasteiger partial charge < -0.3 is 0 Å². The van der Waals surface area contributed by atoms with E-state index in [1.165, 1.54) is 5.56 Å². The SMILES string of the molecule is CCCC(C#N)c1ccc(CC(C)C)cc1. The van der Waals surface area contributed by atoms with Crippen molar-refractivity contribution in [3.05, 3.63) is 35.4 Å². The molecule has 1 rings (SSSR count). The molecule has 0 aliphatic heterocycles. The van der Waals surface area contributed by atoms with E-state index in [0.29, 0.717) is 5.92 Å². The zero-order chi connectivity index (χ0) is 12.0. The van der Waals surface area contributed by atoms with E-state index in [9.17, 15) is 0 Å². The van der Waals surface area contributed by atoms with Crippen molar-refractivity contribution < 1.29 is 0 Å². The minimum absolute atomic E-state index is 0.0677. The van der Waals surface area contributed by atoms with Gasteiger partial charge in [-0.1, -0.05) is 51.5 Å². The number of rotatable bonds is 5. The van der Waals surface area contributed by atoms with E-state index < -0.39 is 0 Å². The molecule has 86 valence electrons. The van der Waals surface area contributed by atoms with Crippen molar-refractivity contribution in [2.45, 2.75) is 46.0 Å². The first-order valence-electron chi connectivity index (χ1n) is 6.15. The first-order chi connectivity index (χ1) is 7.67. The first-order valence-corrected chi connectivity index (χ1v) is 6.15. The van der Waals surface area contributed by atoms with E-state index in [2.05, 4.69) is 51.1 Å². The van der Waals surface area contributed by atoms with Gasteiger partial charge in [-0.3, -0.25) is 0 Å². The quantitative estimate of drug-likeness (QED) is 0.718. The van der Waals surface area contributed by atoms with Gasteiger partial charge in [0.25, 0.3) is 0 Å². The van der Waals surface area contributed by atoms with Gasteiger partial charge in [0.1, 0.15) is 0 Å². The van der Waals surface area contributed by atoms with Crippen LogP contribution >= 0.6 is 0 Å². The summed E-state index contributed by atoms with van der Waals surface area (Å²) in [6, 6.07) is 10.9. The van der Waals surface area contributed by atoms with Crippen molar-refractivity contribution >= 4 is 0 Å². The van der Waals surface area contributed by atoms with E-state index >= 15 is 0 Å². The normalized spacial score (nSPS) is 12.4. The molecule has 0 amide bonds. The van der Waals surface area contributed by atoms with Crippen LogP contribution in [-0.2, 0) is 6.42 Å². The summed E-state index contributed by atoms with van der Waals surface area (Å²) in [4.78, 5) is 0. The molecule has 0 aliphatic carbocycles. The molecule has 0 heterocycles. The number of hydrogen-bond donors (Lipinski definition) is 0. The van der Waals surface area contributed by atoms with Crippen molar-refractivity contribution in [1.29, 1.82) is 5.26 Å². The molecule has 0 aliphatic rings. The molecular formula is C15H21N. The van der Waals surface area contributed by atoms with Crippen molar-refractivity contribution in [1.82, 2.24) is 0 Å². The highest BCUT2D eigenvalue weighted by Crippen LogP contribution is 2.21. The lowest BCUT2D eigenvalue weighted by atomic mass is 9.94. The van der Waals surface area contributed by atoms with Gasteiger partial charge in [-0.05, 0) is 29.9 Å². The van der Waals surface area contributed by atoms with Crippen LogP contribution in [0.2, 0.25) is 0 Å². The zero-order valence-electron chi connectivity index (χ0n) is 10.5. The molecule has 0 spiro atoms. The first kappa shape index (κ1) is 12.8. The van der Waals surface area contributed by atoms with Crippen LogP contribution in [0.5, 0.6) is 0 Å². The van der Waals surface area contributed by atoms with Crippen LogP contribution < -0.4 is 0 Å². The summed E-state index contributed by atoms with van der Waals surface area (Å²) in [6.45, 7) is 6.57. The molecular weight excluding hydrogens is 194 g/mol. The van der Waals surface area contributed by atoms with Crippen LogP contribution in [0.15, 0.2) is 24.3 Å². The molecule has 0 bridgehead atoms. The van der Waals surface area contributed by atoms with Crippen LogP contribution in [0.4, 0.5) is 0 Å². The fourth-order valence-electron chi connectivity index (χ4n) is 1.95. The highest BCUT2D eigenvalue weighted by atomic mass is 14.3. The van der Waals surface area contributed by atoms with Gasteiger partial charge in [-0.15, -0.1) is 0 Å². The largest absolute Gasteiger partial charge is 0.198 e. The third kappa shape index (κ3) is 3.70. The number of benzene rings is 1. The number of nitrogens with zero attached hydrogens (tertiary/aromatic N) is 1. The van der Waals surface area contributed by atoms with Crippen molar-refractivity contribution in [2.24, 2.45) is 5.92 Å². The fourth-order valence-corrected chi connectivity index (χ4v) is 1.95. The third-order valence-corrected chi connectivity index (χ3v) is 2.76. The van der Waals surface area contributed by atoms with Gasteiger partial charge in [-0.25, -0.2) is 0 Å². The second-order valence-corrected chi connectivity index (χ2v) is 4.81. The monoisotopic (exact) mass is 215 g/mol. The van der Waals surface area contributed by atoms with Crippen molar-refractivity contribution in [3.8, 4) is 6.07 Å². The third-order valence-electron chi connectivity index (χ3n) is 2.76. The summed E-state index contributed by atoms with van der Waals surface area (Å²) in [5.41, 5.74) is 2.53. The molecule has 0 fully saturated rings. The Morgan fingerprint density at radius 1 is 1.19 bits per heavy atom. The summed E-state index contributed by atoms with van der Waals surface area (Å²) in [5.74, 6) is 0.756. The molecule has 1 nitrogen and oxygen atoms in total. The second-order valence-electron chi connectivity index (χ2n) is 4.81. The minimum atomic E-state index is 0.0677. The zero-order valence-corrected chi connectivity index (χ0v) is 10.5. The lowest BCUT2D eigenvalue weighted by Crippen LogP contribution is -1.97. The van der Waals surface area contributed by atoms with Crippen LogP contribution in [0.3, 0.4) is 0 Å². The van der Waals surface area contributed by atoms with Gasteiger partial charge in [0.15, 0.2) is 0 Å². The second kappa shape index (κ2) is 6.33. The lowest BCUT2D eigenvalue weighted by molar-refractivity contribution is 0.646. The number of nitriles is 1. The van der Waals surface area contributed by atoms with E-state index in [0.717, 1.165) is 24.8 Å². The van der Waals surface area contributed by atoms with E-state index in [1.807, 2.05) is 0 Å². The maximum absolute atomic E-state index is 9.08. The van der Waals surface area contributed by atoms with Crippen LogP contribution in [0.25, 0.3) is 0 Å². The van der Waals surface area contributed by atoms with Crippen LogP contribution in [0, 0.1) is 17.2 Å². The molecule has 1 heteroatoms. The maximum atomic E-state index is 9.08. The molecule has 0 radical (unpaired) electrons. The molecule has 0 saturated carbocycles. The molecule has 1 aromatic rings. The van der Waals surface area contributed by atoms with Gasteiger partial charge in [-0.2, -0.15) is 5.26 Å². The summed E-state index contributed by atoms with van der Waals surface area (Å²) < 4.78 is 0. The van der Waals surface area contributed by atoms with Gasteiger partial charge >= 0.3 is 0 Å². The van der Waals surface area contributed by atoms with Crippen LogP contribution in [-0.4, -0.2) is 0 Å². The smallest absolute Gasteiger partial charge is 0.0712 e. The molecule has 0 aromatic heterocycles. The molecule has 1 atom stereocenters. The Kier molecular flexibility index (Phi) is 5.05. The maximum Gasteiger partial charge on any atom is 0.0712 e. The predicted octanol–water partition coefficient (Wildman–Crippen LogP) is 4.29. The fraction of sp³-hybridized carbons (Fsp3) is 0.533. The van der Waals surface area contributed by atoms with E-state index in [1.54, 1.807) is 0 Å². The van der Waals surface area contributed by atoms with E-state index in [-0.39, 0.29) is 5.92 Å². The Morgan fingerprint density at radius 2 is 1.81 bits per heavy atom. The summed E-state index contributed by atoms with van der Waals surface area (Å²) >= 11 is 0. The molecule has 0 N–H and O–H groups in total. The van der Waals surface area contributed by atoms with E-state index in [4.69, 9.17) is 5.26 Å². The summed E-state index contributed by atoms with van der Waals surface area (Å²) in [5, 5.41) is 9.08. The standard InChI is InChI=1S/C15H21N/c1-4-5-15(11-16)14-8-6-13(7-9-14)10-12(2)3/h6-9,12,15H,4-5,10H2,1-3H3. The topological polar surface area (TPSA) is 23.8 Å². The Hall–Kier alpha value is -1.29. The Morgan fingerprint density at radius 3 is 2.25 bits per heavy atom. The number of hydrogen-bond acceptors (Lipinski definition) is 1. The predicted molar refractivity (Wildman–Crippen MR) is 68.2 cm³/mol. The van der Waals surface area contributed by atoms with Gasteiger partial charge in [0.05, 0.1) is 12.0 Å². The average Bonchev–Trinajstić information content (AvgIpc) is 2.26. The summed E-state index contributed by atoms with van der Waals surface area (Å²) in [7, 11) is 0. The van der Waals surface area contributed by atoms with Crippen LogP contribution in [0.1, 0.15) is 50.7 Å². The Balaban J connectivity index is 2.74. The lowest BCUT2D eigenvalue weighted by Gasteiger charge is -2.10. The molecule has 0 saturated heterocycles. The minimum Gasteiger partial charge on any atom is -0.198 e. The Labute approximate surface area is 99.1 Å². The highest BCUT2D eigenvalue weighted by Gasteiger charge is 2.08. The van der Waals surface area contributed by atoms with Gasteiger partial charge in [0.2, 0.25) is 0 Å². The van der Waals surface area contributed by atoms with Crippen molar-refractivity contribution in [3.63, 3.8) is 0 Å². The molecule has 1 unspecified atom stereocenters. The highest BCUT2D eigenvalue weighted by molar-refractivity contribution is 5.28. The van der Waals surface area contributed by atoms with Gasteiger partial charge in [0, 0.05) is 0 Å².